The van der Waals surface area contributed by atoms with Crippen LogP contribution in [0.2, 0.25) is 0 Å². The van der Waals surface area contributed by atoms with Crippen LogP contribution in [-0.2, 0) is 6.42 Å². The highest BCUT2D eigenvalue weighted by atomic mass is 16.5. The molecule has 1 heterocycles. The molecule has 2 aliphatic rings. The Hall–Kier alpha value is -2.81. The van der Waals surface area contributed by atoms with Gasteiger partial charge in [-0.25, -0.2) is 0 Å². The Morgan fingerprint density at radius 1 is 1.23 bits per heavy atom. The molecule has 0 saturated carbocycles. The second-order valence-electron chi connectivity index (χ2n) is 5.27. The van der Waals surface area contributed by atoms with E-state index >= 15 is 0 Å². The fraction of sp³-hybridized carbons (Fsp3) is 0.312. The van der Waals surface area contributed by atoms with Gasteiger partial charge < -0.3 is 25.7 Å². The van der Waals surface area contributed by atoms with Crippen LogP contribution in [0.4, 0.5) is 0 Å². The number of fused-ring (bicyclic) bond motifs is 2. The van der Waals surface area contributed by atoms with E-state index in [1.54, 1.807) is 26.4 Å². The van der Waals surface area contributed by atoms with Crippen molar-refractivity contribution in [3.05, 3.63) is 40.7 Å². The summed E-state index contributed by atoms with van der Waals surface area (Å²) in [5.74, 6) is 1.86. The zero-order chi connectivity index (χ0) is 15.9. The number of rotatable bonds is 2. The molecule has 22 heavy (non-hydrogen) atoms. The summed E-state index contributed by atoms with van der Waals surface area (Å²) in [4.78, 5) is 0. The molecule has 1 aromatic carbocycles. The van der Waals surface area contributed by atoms with Crippen LogP contribution >= 0.6 is 0 Å². The smallest absolute Gasteiger partial charge is 0.164 e. The van der Waals surface area contributed by atoms with Crippen LogP contribution in [0.15, 0.2) is 35.2 Å². The molecule has 1 aliphatic heterocycles. The topological polar surface area (TPSA) is 104 Å². The molecular formula is C16H17N3O3. The first-order chi connectivity index (χ1) is 10.6. The Labute approximate surface area is 128 Å². The molecule has 2 unspecified atom stereocenters. The molecule has 0 amide bonds. The largest absolute Gasteiger partial charge is 0.493 e. The summed E-state index contributed by atoms with van der Waals surface area (Å²) >= 11 is 0. The molecule has 114 valence electrons. The van der Waals surface area contributed by atoms with E-state index in [2.05, 4.69) is 6.07 Å². The van der Waals surface area contributed by atoms with E-state index in [0.29, 0.717) is 34.9 Å². The van der Waals surface area contributed by atoms with Gasteiger partial charge in [0.15, 0.2) is 11.5 Å². The van der Waals surface area contributed by atoms with Gasteiger partial charge in [0.05, 0.1) is 25.5 Å². The molecule has 6 nitrogen and oxygen atoms in total. The van der Waals surface area contributed by atoms with E-state index in [-0.39, 0.29) is 12.0 Å². The second-order valence-corrected chi connectivity index (χ2v) is 5.27. The summed E-state index contributed by atoms with van der Waals surface area (Å²) in [7, 11) is 3.16. The summed E-state index contributed by atoms with van der Waals surface area (Å²) in [5.41, 5.74) is 14.2. The van der Waals surface area contributed by atoms with Crippen molar-refractivity contribution in [1.82, 2.24) is 0 Å². The molecule has 0 aromatic heterocycles. The van der Waals surface area contributed by atoms with Crippen molar-refractivity contribution in [3.8, 4) is 23.3 Å². The third kappa shape index (κ3) is 2.02. The van der Waals surface area contributed by atoms with Crippen LogP contribution < -0.4 is 25.7 Å². The third-order valence-electron chi connectivity index (χ3n) is 4.10. The highest BCUT2D eigenvalue weighted by Crippen LogP contribution is 2.42. The molecule has 2 atom stereocenters. The molecule has 0 saturated heterocycles. The van der Waals surface area contributed by atoms with E-state index in [9.17, 15) is 5.26 Å². The minimum Gasteiger partial charge on any atom is -0.493 e. The van der Waals surface area contributed by atoms with Gasteiger partial charge in [-0.2, -0.15) is 5.26 Å². The Morgan fingerprint density at radius 2 is 1.91 bits per heavy atom. The highest BCUT2D eigenvalue weighted by molar-refractivity contribution is 5.55. The number of allylic oxidation sites excluding steroid dienone is 1. The number of nitrogens with two attached hydrogens (primary N) is 2. The maximum atomic E-state index is 9.18. The van der Waals surface area contributed by atoms with Crippen LogP contribution in [-0.4, -0.2) is 20.3 Å². The Bertz CT molecular complexity index is 731. The van der Waals surface area contributed by atoms with Gasteiger partial charge in [-0.05, 0) is 24.1 Å². The standard InChI is InChI=1S/C16H17N3O3/c1-20-14-4-8-3-9-13(22-12(8)6-15(14)21-2)5-11(18)10(7-17)16(9)19/h4-6,9,13H,3,18-19H2,1-2H3. The fourth-order valence-electron chi connectivity index (χ4n) is 2.93. The van der Waals surface area contributed by atoms with Crippen LogP contribution in [0.25, 0.3) is 0 Å². The molecule has 1 aromatic rings. The zero-order valence-corrected chi connectivity index (χ0v) is 12.4. The number of ether oxygens (including phenoxy) is 3. The fourth-order valence-corrected chi connectivity index (χ4v) is 2.93. The molecule has 0 bridgehead atoms. The number of methoxy groups -OCH3 is 2. The first-order valence-corrected chi connectivity index (χ1v) is 6.88. The average Bonchev–Trinajstić information content (AvgIpc) is 2.52. The first-order valence-electron chi connectivity index (χ1n) is 6.88. The lowest BCUT2D eigenvalue weighted by molar-refractivity contribution is 0.168. The van der Waals surface area contributed by atoms with Crippen LogP contribution in [0.5, 0.6) is 17.2 Å². The summed E-state index contributed by atoms with van der Waals surface area (Å²) in [6.07, 6.45) is 2.13. The number of nitrogens with zero attached hydrogens (tertiary/aromatic N) is 1. The minimum atomic E-state index is -0.275. The van der Waals surface area contributed by atoms with Crippen molar-refractivity contribution < 1.29 is 14.2 Å². The van der Waals surface area contributed by atoms with E-state index < -0.39 is 0 Å². The molecular weight excluding hydrogens is 282 g/mol. The second kappa shape index (κ2) is 5.19. The maximum Gasteiger partial charge on any atom is 0.164 e. The van der Waals surface area contributed by atoms with Crippen LogP contribution in [0, 0.1) is 17.2 Å². The van der Waals surface area contributed by atoms with Crippen molar-refractivity contribution in [2.75, 3.05) is 14.2 Å². The number of hydrogen-bond acceptors (Lipinski definition) is 6. The Morgan fingerprint density at radius 3 is 2.55 bits per heavy atom. The van der Waals surface area contributed by atoms with Crippen molar-refractivity contribution >= 4 is 0 Å². The number of nitriles is 1. The van der Waals surface area contributed by atoms with Crippen molar-refractivity contribution in [3.63, 3.8) is 0 Å². The molecule has 0 spiro atoms. The van der Waals surface area contributed by atoms with Gasteiger partial charge in [0.2, 0.25) is 0 Å². The predicted octanol–water partition coefficient (Wildman–Crippen LogP) is 1.22. The van der Waals surface area contributed by atoms with E-state index in [1.165, 1.54) is 0 Å². The van der Waals surface area contributed by atoms with E-state index in [1.807, 2.05) is 6.07 Å². The van der Waals surface area contributed by atoms with Crippen LogP contribution in [0.1, 0.15) is 5.56 Å². The quantitative estimate of drug-likeness (QED) is 0.851. The van der Waals surface area contributed by atoms with Crippen molar-refractivity contribution in [2.24, 2.45) is 17.4 Å². The third-order valence-corrected chi connectivity index (χ3v) is 4.10. The molecule has 0 fully saturated rings. The molecule has 4 N–H and O–H groups in total. The lowest BCUT2D eigenvalue weighted by Crippen LogP contribution is -2.39. The monoisotopic (exact) mass is 299 g/mol. The minimum absolute atomic E-state index is 0.104. The predicted molar refractivity (Wildman–Crippen MR) is 80.3 cm³/mol. The Balaban J connectivity index is 2.05. The van der Waals surface area contributed by atoms with Crippen LogP contribution in [0.3, 0.4) is 0 Å². The van der Waals surface area contributed by atoms with Crippen molar-refractivity contribution in [1.29, 1.82) is 5.26 Å². The van der Waals surface area contributed by atoms with Gasteiger partial charge in [0.25, 0.3) is 0 Å². The van der Waals surface area contributed by atoms with Gasteiger partial charge in [-0.1, -0.05) is 0 Å². The summed E-state index contributed by atoms with van der Waals surface area (Å²) in [5, 5.41) is 9.18. The lowest BCUT2D eigenvalue weighted by Gasteiger charge is -2.35. The number of benzene rings is 1. The van der Waals surface area contributed by atoms with E-state index in [0.717, 1.165) is 11.3 Å². The number of hydrogen-bond donors (Lipinski definition) is 2. The average molecular weight is 299 g/mol. The maximum absolute atomic E-state index is 9.18. The SMILES string of the molecule is COc1cc2c(cc1OC)OC1C=C(N)C(C#N)=C(N)C1C2. The highest BCUT2D eigenvalue weighted by Gasteiger charge is 2.36. The van der Waals surface area contributed by atoms with Gasteiger partial charge in [-0.3, -0.25) is 0 Å². The summed E-state index contributed by atoms with van der Waals surface area (Å²) in [6, 6.07) is 5.74. The summed E-state index contributed by atoms with van der Waals surface area (Å²) < 4.78 is 16.6. The summed E-state index contributed by atoms with van der Waals surface area (Å²) in [6.45, 7) is 0. The Kier molecular flexibility index (Phi) is 3.33. The van der Waals surface area contributed by atoms with Gasteiger partial charge in [0.1, 0.15) is 17.9 Å². The molecule has 6 heteroatoms. The van der Waals surface area contributed by atoms with Gasteiger partial charge >= 0.3 is 0 Å². The van der Waals surface area contributed by atoms with Gasteiger partial charge in [0, 0.05) is 17.7 Å². The molecule has 0 radical (unpaired) electrons. The zero-order valence-electron chi connectivity index (χ0n) is 12.4. The normalized spacial score (nSPS) is 22.7. The molecule has 1 aliphatic carbocycles. The van der Waals surface area contributed by atoms with Crippen molar-refractivity contribution in [2.45, 2.75) is 12.5 Å². The molecule has 3 rings (SSSR count). The van der Waals surface area contributed by atoms with Gasteiger partial charge in [-0.15, -0.1) is 0 Å². The van der Waals surface area contributed by atoms with E-state index in [4.69, 9.17) is 25.7 Å². The lowest BCUT2D eigenvalue weighted by atomic mass is 9.82. The first kappa shape index (κ1) is 14.1.